The van der Waals surface area contributed by atoms with Crippen LogP contribution >= 0.6 is 22.9 Å². The summed E-state index contributed by atoms with van der Waals surface area (Å²) in [5, 5.41) is 1.23. The van der Waals surface area contributed by atoms with Gasteiger partial charge in [-0.2, -0.15) is 0 Å². The topological polar surface area (TPSA) is 106 Å². The normalized spacial score (nSPS) is 12.4. The van der Waals surface area contributed by atoms with Gasteiger partial charge in [0.2, 0.25) is 5.89 Å². The van der Waals surface area contributed by atoms with Crippen LogP contribution in [0.4, 0.5) is 5.69 Å². The second-order valence-electron chi connectivity index (χ2n) is 6.58. The van der Waals surface area contributed by atoms with Crippen molar-refractivity contribution in [1.82, 2.24) is 4.98 Å². The Balaban J connectivity index is 1.81. The summed E-state index contributed by atoms with van der Waals surface area (Å²) < 4.78 is 59.4. The Morgan fingerprint density at radius 3 is 2.53 bits per heavy atom. The Labute approximate surface area is 182 Å². The van der Waals surface area contributed by atoms with Crippen LogP contribution in [0, 0.1) is 6.92 Å². The van der Waals surface area contributed by atoms with E-state index in [2.05, 4.69) is 9.71 Å². The third kappa shape index (κ3) is 3.83. The minimum Gasteiger partial charge on any atom is -0.445 e. The van der Waals surface area contributed by atoms with Crippen LogP contribution in [-0.2, 0) is 19.9 Å². The first-order valence-corrected chi connectivity index (χ1v) is 13.1. The molecule has 0 atom stereocenters. The molecule has 0 amide bonds. The van der Waals surface area contributed by atoms with E-state index in [9.17, 15) is 16.8 Å². The molecule has 2 heterocycles. The lowest BCUT2D eigenvalue weighted by molar-refractivity contribution is 0.574. The van der Waals surface area contributed by atoms with Gasteiger partial charge in [-0.1, -0.05) is 11.6 Å². The second-order valence-corrected chi connectivity index (χ2v) is 11.9. The third-order valence-electron chi connectivity index (χ3n) is 4.40. The summed E-state index contributed by atoms with van der Waals surface area (Å²) in [5.74, 6) is 0.228. The zero-order valence-electron chi connectivity index (χ0n) is 15.7. The molecule has 0 aliphatic heterocycles. The van der Waals surface area contributed by atoms with Crippen LogP contribution in [0.3, 0.4) is 0 Å². The highest BCUT2D eigenvalue weighted by Crippen LogP contribution is 2.37. The van der Waals surface area contributed by atoms with E-state index in [1.54, 1.807) is 25.1 Å². The summed E-state index contributed by atoms with van der Waals surface area (Å²) in [5.41, 5.74) is 0.904. The molecular weight excluding hydrogens is 468 g/mol. The smallest absolute Gasteiger partial charge is 0.271 e. The van der Waals surface area contributed by atoms with Crippen molar-refractivity contribution in [1.29, 1.82) is 0 Å². The molecule has 4 aromatic rings. The molecule has 4 rings (SSSR count). The standard InChI is InChI=1S/C19H15ClN2O5S3/c1-11-14-10-13(20)4-6-16(14)28-19(11)30(25,26)22-15-5-3-12(18-21-7-8-27-18)9-17(15)29(2,23)24/h3-10,22H,1-2H3. The number of nitrogens with zero attached hydrogens (tertiary/aromatic N) is 1. The predicted octanol–water partition coefficient (Wildman–Crippen LogP) is 4.72. The van der Waals surface area contributed by atoms with E-state index < -0.39 is 19.9 Å². The lowest BCUT2D eigenvalue weighted by atomic mass is 10.2. The maximum atomic E-state index is 13.1. The third-order valence-corrected chi connectivity index (χ3v) is 9.03. The van der Waals surface area contributed by atoms with Crippen molar-refractivity contribution in [2.75, 3.05) is 11.0 Å². The lowest BCUT2D eigenvalue weighted by Crippen LogP contribution is -2.15. The number of halogens is 1. The number of fused-ring (bicyclic) bond motifs is 1. The number of rotatable bonds is 5. The molecule has 30 heavy (non-hydrogen) atoms. The van der Waals surface area contributed by atoms with Gasteiger partial charge in [-0.25, -0.2) is 21.8 Å². The average Bonchev–Trinajstić information content (AvgIpc) is 3.30. The number of hydrogen-bond acceptors (Lipinski definition) is 7. The van der Waals surface area contributed by atoms with E-state index in [1.807, 2.05) is 0 Å². The zero-order chi connectivity index (χ0) is 21.7. The summed E-state index contributed by atoms with van der Waals surface area (Å²) >= 11 is 7.12. The number of benzene rings is 2. The summed E-state index contributed by atoms with van der Waals surface area (Å²) in [7, 11) is -7.80. The highest BCUT2D eigenvalue weighted by molar-refractivity contribution is 7.95. The van der Waals surface area contributed by atoms with Gasteiger partial charge < -0.3 is 4.42 Å². The van der Waals surface area contributed by atoms with Crippen molar-refractivity contribution >= 4 is 58.6 Å². The van der Waals surface area contributed by atoms with Crippen LogP contribution in [0.2, 0.25) is 5.02 Å². The summed E-state index contributed by atoms with van der Waals surface area (Å²) in [4.78, 5) is 3.82. The number of oxazole rings is 1. The van der Waals surface area contributed by atoms with Gasteiger partial charge in [0.05, 0.1) is 16.8 Å². The van der Waals surface area contributed by atoms with E-state index >= 15 is 0 Å². The number of nitrogens with one attached hydrogen (secondary N) is 1. The first-order valence-electron chi connectivity index (χ1n) is 8.52. The molecule has 0 radical (unpaired) electrons. The minimum atomic E-state index is -4.05. The lowest BCUT2D eigenvalue weighted by Gasteiger charge is -2.12. The summed E-state index contributed by atoms with van der Waals surface area (Å²) in [6, 6.07) is 9.39. The molecule has 0 bridgehead atoms. The predicted molar refractivity (Wildman–Crippen MR) is 117 cm³/mol. The van der Waals surface area contributed by atoms with Crippen molar-refractivity contribution in [3.05, 3.63) is 59.4 Å². The molecular formula is C19H15ClN2O5S3. The molecule has 1 N–H and O–H groups in total. The number of sulfone groups is 1. The van der Waals surface area contributed by atoms with Gasteiger partial charge in [0, 0.05) is 21.5 Å². The fourth-order valence-electron chi connectivity index (χ4n) is 3.03. The molecule has 7 nitrogen and oxygen atoms in total. The molecule has 11 heteroatoms. The van der Waals surface area contributed by atoms with E-state index in [0.717, 1.165) is 27.7 Å². The quantitative estimate of drug-likeness (QED) is 0.441. The molecule has 2 aromatic carbocycles. The van der Waals surface area contributed by atoms with Gasteiger partial charge in [0.1, 0.15) is 10.5 Å². The van der Waals surface area contributed by atoms with Crippen LogP contribution in [0.25, 0.3) is 21.5 Å². The molecule has 2 aromatic heterocycles. The molecule has 0 saturated heterocycles. The highest BCUT2D eigenvalue weighted by Gasteiger charge is 2.25. The number of aryl methyl sites for hydroxylation is 1. The van der Waals surface area contributed by atoms with Gasteiger partial charge in [-0.05, 0) is 54.3 Å². The van der Waals surface area contributed by atoms with Crippen LogP contribution in [0.15, 0.2) is 62.4 Å². The van der Waals surface area contributed by atoms with E-state index in [1.165, 1.54) is 30.7 Å². The Bertz CT molecular complexity index is 1470. The Morgan fingerprint density at radius 1 is 1.10 bits per heavy atom. The van der Waals surface area contributed by atoms with Gasteiger partial charge in [0.25, 0.3) is 10.0 Å². The highest BCUT2D eigenvalue weighted by atomic mass is 35.5. The second kappa shape index (κ2) is 7.38. The fourth-order valence-corrected chi connectivity index (χ4v) is 6.95. The maximum Gasteiger partial charge on any atom is 0.271 e. The van der Waals surface area contributed by atoms with Crippen molar-refractivity contribution in [2.45, 2.75) is 16.0 Å². The van der Waals surface area contributed by atoms with Gasteiger partial charge in [-0.3, -0.25) is 4.72 Å². The van der Waals surface area contributed by atoms with E-state index in [0.29, 0.717) is 16.1 Å². The number of hydrogen-bond donors (Lipinski definition) is 1. The first-order chi connectivity index (χ1) is 14.1. The molecule has 0 fully saturated rings. The number of thiophene rings is 1. The van der Waals surface area contributed by atoms with Crippen LogP contribution in [0.1, 0.15) is 5.56 Å². The maximum absolute atomic E-state index is 13.1. The van der Waals surface area contributed by atoms with Gasteiger partial charge >= 0.3 is 0 Å². The van der Waals surface area contributed by atoms with Crippen molar-refractivity contribution in [2.24, 2.45) is 0 Å². The average molecular weight is 483 g/mol. The Hall–Kier alpha value is -2.40. The first kappa shape index (κ1) is 20.9. The molecule has 0 unspecified atom stereocenters. The molecule has 0 spiro atoms. The summed E-state index contributed by atoms with van der Waals surface area (Å²) in [6.45, 7) is 1.69. The molecule has 0 aliphatic carbocycles. The largest absolute Gasteiger partial charge is 0.445 e. The fraction of sp³-hybridized carbons (Fsp3) is 0.105. The van der Waals surface area contributed by atoms with Crippen LogP contribution in [0.5, 0.6) is 0 Å². The van der Waals surface area contributed by atoms with E-state index in [-0.39, 0.29) is 20.7 Å². The molecule has 156 valence electrons. The van der Waals surface area contributed by atoms with Gasteiger partial charge in [0.15, 0.2) is 9.84 Å². The van der Waals surface area contributed by atoms with Crippen LogP contribution < -0.4 is 4.72 Å². The Kier molecular flexibility index (Phi) is 5.13. The number of anilines is 1. The number of aromatic nitrogens is 1. The van der Waals surface area contributed by atoms with Crippen molar-refractivity contribution in [3.8, 4) is 11.5 Å². The van der Waals surface area contributed by atoms with Gasteiger partial charge in [-0.15, -0.1) is 11.3 Å². The van der Waals surface area contributed by atoms with Crippen molar-refractivity contribution in [3.63, 3.8) is 0 Å². The minimum absolute atomic E-state index is 0.0531. The zero-order valence-corrected chi connectivity index (χ0v) is 18.9. The summed E-state index contributed by atoms with van der Waals surface area (Å²) in [6.07, 6.45) is 3.80. The van der Waals surface area contributed by atoms with E-state index in [4.69, 9.17) is 16.0 Å². The van der Waals surface area contributed by atoms with Crippen LogP contribution in [-0.4, -0.2) is 28.1 Å². The monoisotopic (exact) mass is 482 g/mol. The Morgan fingerprint density at radius 2 is 1.87 bits per heavy atom. The molecule has 0 aliphatic rings. The number of sulfonamides is 1. The SMILES string of the molecule is Cc1c(S(=O)(=O)Nc2ccc(-c3ncco3)cc2S(C)(=O)=O)sc2ccc(Cl)cc12. The van der Waals surface area contributed by atoms with Crippen molar-refractivity contribution < 1.29 is 21.3 Å². The molecule has 0 saturated carbocycles.